The number of hydrogen-bond donors (Lipinski definition) is 2. The van der Waals surface area contributed by atoms with Crippen LogP contribution in [-0.4, -0.2) is 16.2 Å². The standard InChI is InChI=1S/C9H10O3/c10-8-4-2-1-3-7(8)5-6-9(11)12/h1-4,10H,5-6H2,(H,11,12). The highest BCUT2D eigenvalue weighted by molar-refractivity contribution is 5.67. The van der Waals surface area contributed by atoms with Crippen molar-refractivity contribution in [2.24, 2.45) is 0 Å². The molecule has 0 unspecified atom stereocenters. The van der Waals surface area contributed by atoms with E-state index < -0.39 is 5.97 Å². The molecule has 1 rings (SSSR count). The Morgan fingerprint density at radius 1 is 1.33 bits per heavy atom. The summed E-state index contributed by atoms with van der Waals surface area (Å²) in [6, 6.07) is 6.76. The topological polar surface area (TPSA) is 57.5 Å². The maximum atomic E-state index is 10.2. The fraction of sp³-hybridized carbons (Fsp3) is 0.222. The van der Waals surface area contributed by atoms with Crippen LogP contribution in [0.5, 0.6) is 5.75 Å². The molecular formula is C9H10O3. The van der Waals surface area contributed by atoms with Crippen molar-refractivity contribution in [1.82, 2.24) is 0 Å². The van der Waals surface area contributed by atoms with Gasteiger partial charge in [0.25, 0.3) is 0 Å². The number of aliphatic carboxylic acids is 1. The van der Waals surface area contributed by atoms with Crippen LogP contribution in [0.1, 0.15) is 12.0 Å². The van der Waals surface area contributed by atoms with Gasteiger partial charge in [0.2, 0.25) is 0 Å². The number of hydrogen-bond acceptors (Lipinski definition) is 2. The minimum absolute atomic E-state index is 0.0531. The summed E-state index contributed by atoms with van der Waals surface area (Å²) in [4.78, 5) is 10.2. The van der Waals surface area contributed by atoms with Gasteiger partial charge in [-0.3, -0.25) is 4.79 Å². The highest BCUT2D eigenvalue weighted by Gasteiger charge is 2.02. The molecule has 0 saturated heterocycles. The molecule has 1 aromatic carbocycles. The number of para-hydroxylation sites is 1. The van der Waals surface area contributed by atoms with E-state index in [2.05, 4.69) is 0 Å². The van der Waals surface area contributed by atoms with Crippen molar-refractivity contribution >= 4 is 5.97 Å². The first-order valence-electron chi connectivity index (χ1n) is 3.69. The number of carbonyl (C=O) groups is 1. The van der Waals surface area contributed by atoms with Gasteiger partial charge in [0.1, 0.15) is 5.75 Å². The number of carboxylic acids is 1. The second-order valence-electron chi connectivity index (χ2n) is 2.52. The van der Waals surface area contributed by atoms with E-state index in [1.54, 1.807) is 24.3 Å². The van der Waals surface area contributed by atoms with Crippen LogP contribution in [0.4, 0.5) is 0 Å². The second kappa shape index (κ2) is 3.76. The lowest BCUT2D eigenvalue weighted by atomic mass is 10.1. The zero-order valence-electron chi connectivity index (χ0n) is 6.53. The van der Waals surface area contributed by atoms with Crippen molar-refractivity contribution < 1.29 is 15.0 Å². The van der Waals surface area contributed by atoms with Gasteiger partial charge in [-0.05, 0) is 18.1 Å². The molecule has 0 radical (unpaired) electrons. The number of carboxylic acid groups (broad SMARTS) is 1. The first-order chi connectivity index (χ1) is 5.70. The fourth-order valence-electron chi connectivity index (χ4n) is 0.964. The van der Waals surface area contributed by atoms with Crippen LogP contribution in [0.25, 0.3) is 0 Å². The van der Waals surface area contributed by atoms with Crippen LogP contribution in [0.15, 0.2) is 24.3 Å². The van der Waals surface area contributed by atoms with E-state index in [9.17, 15) is 9.90 Å². The second-order valence-corrected chi connectivity index (χ2v) is 2.52. The Bertz CT molecular complexity index is 281. The van der Waals surface area contributed by atoms with Gasteiger partial charge in [-0.25, -0.2) is 0 Å². The summed E-state index contributed by atoms with van der Waals surface area (Å²) in [6.07, 6.45) is 0.430. The first kappa shape index (κ1) is 8.59. The number of phenolic OH excluding ortho intramolecular Hbond substituents is 1. The predicted octanol–water partition coefficient (Wildman–Crippen LogP) is 1.41. The molecule has 2 N–H and O–H groups in total. The lowest BCUT2D eigenvalue weighted by Gasteiger charge is -2.00. The SMILES string of the molecule is O=C(O)CCc1ccccc1O. The summed E-state index contributed by atoms with van der Waals surface area (Å²) in [5.41, 5.74) is 0.680. The summed E-state index contributed by atoms with van der Waals surface area (Å²) in [7, 11) is 0. The smallest absolute Gasteiger partial charge is 0.303 e. The lowest BCUT2D eigenvalue weighted by molar-refractivity contribution is -0.136. The molecule has 64 valence electrons. The third-order valence-electron chi connectivity index (χ3n) is 1.60. The van der Waals surface area contributed by atoms with Crippen LogP contribution >= 0.6 is 0 Å². The molecule has 0 aromatic heterocycles. The van der Waals surface area contributed by atoms with E-state index in [0.29, 0.717) is 12.0 Å². The Hall–Kier alpha value is -1.51. The van der Waals surface area contributed by atoms with Gasteiger partial charge in [0, 0.05) is 6.42 Å². The first-order valence-corrected chi connectivity index (χ1v) is 3.69. The zero-order chi connectivity index (χ0) is 8.97. The van der Waals surface area contributed by atoms with E-state index in [0.717, 1.165) is 0 Å². The molecule has 1 aromatic rings. The maximum absolute atomic E-state index is 10.2. The summed E-state index contributed by atoms with van der Waals surface area (Å²) in [6.45, 7) is 0. The predicted molar refractivity (Wildman–Crippen MR) is 44.1 cm³/mol. The average molecular weight is 166 g/mol. The Morgan fingerprint density at radius 3 is 2.58 bits per heavy atom. The molecule has 0 saturated carbocycles. The zero-order valence-corrected chi connectivity index (χ0v) is 6.53. The quantitative estimate of drug-likeness (QED) is 0.713. The molecule has 0 bridgehead atoms. The number of aryl methyl sites for hydroxylation is 1. The number of phenols is 1. The number of benzene rings is 1. The maximum Gasteiger partial charge on any atom is 0.303 e. The van der Waals surface area contributed by atoms with Crippen molar-refractivity contribution in [2.75, 3.05) is 0 Å². The summed E-state index contributed by atoms with van der Waals surface area (Å²) in [5, 5.41) is 17.6. The Kier molecular flexibility index (Phi) is 2.69. The van der Waals surface area contributed by atoms with Crippen molar-refractivity contribution in [3.05, 3.63) is 29.8 Å². The summed E-state index contributed by atoms with van der Waals surface area (Å²) in [5.74, 6) is -0.683. The van der Waals surface area contributed by atoms with Gasteiger partial charge in [-0.15, -0.1) is 0 Å². The summed E-state index contributed by atoms with van der Waals surface area (Å²) >= 11 is 0. The molecule has 0 aliphatic heterocycles. The van der Waals surface area contributed by atoms with Gasteiger partial charge in [0.15, 0.2) is 0 Å². The van der Waals surface area contributed by atoms with E-state index in [1.165, 1.54) is 0 Å². The summed E-state index contributed by atoms with van der Waals surface area (Å²) < 4.78 is 0. The minimum Gasteiger partial charge on any atom is -0.508 e. The molecule has 0 heterocycles. The van der Waals surface area contributed by atoms with Gasteiger partial charge in [0.05, 0.1) is 0 Å². The molecule has 0 aliphatic rings. The molecule has 0 aliphatic carbocycles. The van der Waals surface area contributed by atoms with Gasteiger partial charge in [-0.2, -0.15) is 0 Å². The largest absolute Gasteiger partial charge is 0.508 e. The van der Waals surface area contributed by atoms with Crippen molar-refractivity contribution in [3.8, 4) is 5.75 Å². The third-order valence-corrected chi connectivity index (χ3v) is 1.60. The molecule has 0 fully saturated rings. The minimum atomic E-state index is -0.849. The molecule has 0 spiro atoms. The average Bonchev–Trinajstić information content (AvgIpc) is 2.03. The van der Waals surface area contributed by atoms with Gasteiger partial charge < -0.3 is 10.2 Å². The fourth-order valence-corrected chi connectivity index (χ4v) is 0.964. The Balaban J connectivity index is 2.63. The van der Waals surface area contributed by atoms with Crippen molar-refractivity contribution in [3.63, 3.8) is 0 Å². The van der Waals surface area contributed by atoms with Crippen LogP contribution in [0, 0.1) is 0 Å². The number of aromatic hydroxyl groups is 1. The van der Waals surface area contributed by atoms with Crippen LogP contribution in [-0.2, 0) is 11.2 Å². The Labute approximate surface area is 70.3 Å². The molecule has 3 nitrogen and oxygen atoms in total. The number of rotatable bonds is 3. The molecular weight excluding hydrogens is 156 g/mol. The van der Waals surface area contributed by atoms with E-state index in [4.69, 9.17) is 5.11 Å². The Morgan fingerprint density at radius 2 is 2.00 bits per heavy atom. The monoisotopic (exact) mass is 166 g/mol. The highest BCUT2D eigenvalue weighted by atomic mass is 16.4. The van der Waals surface area contributed by atoms with Gasteiger partial charge >= 0.3 is 5.97 Å². The van der Waals surface area contributed by atoms with Crippen LogP contribution in [0.2, 0.25) is 0 Å². The molecule has 12 heavy (non-hydrogen) atoms. The van der Waals surface area contributed by atoms with Gasteiger partial charge in [-0.1, -0.05) is 18.2 Å². The van der Waals surface area contributed by atoms with Crippen molar-refractivity contribution in [1.29, 1.82) is 0 Å². The van der Waals surface area contributed by atoms with E-state index >= 15 is 0 Å². The van der Waals surface area contributed by atoms with E-state index in [1.807, 2.05) is 0 Å². The highest BCUT2D eigenvalue weighted by Crippen LogP contribution is 2.16. The normalized spacial score (nSPS) is 9.67. The van der Waals surface area contributed by atoms with Crippen LogP contribution in [0.3, 0.4) is 0 Å². The van der Waals surface area contributed by atoms with Crippen LogP contribution < -0.4 is 0 Å². The van der Waals surface area contributed by atoms with E-state index in [-0.39, 0.29) is 12.2 Å². The third kappa shape index (κ3) is 2.27. The molecule has 0 amide bonds. The lowest BCUT2D eigenvalue weighted by Crippen LogP contribution is -1.97. The molecule has 0 atom stereocenters. The molecule has 3 heteroatoms. The van der Waals surface area contributed by atoms with Crippen molar-refractivity contribution in [2.45, 2.75) is 12.8 Å².